The summed E-state index contributed by atoms with van der Waals surface area (Å²) in [5.41, 5.74) is 2.90. The van der Waals surface area contributed by atoms with E-state index in [1.54, 1.807) is 29.1 Å². The average Bonchev–Trinajstić information content (AvgIpc) is 3.23. The summed E-state index contributed by atoms with van der Waals surface area (Å²) in [6.07, 6.45) is 3.54. The van der Waals surface area contributed by atoms with E-state index in [9.17, 15) is 8.42 Å². The van der Waals surface area contributed by atoms with Crippen molar-refractivity contribution in [3.63, 3.8) is 0 Å². The fourth-order valence-corrected chi connectivity index (χ4v) is 4.41. The third-order valence-corrected chi connectivity index (χ3v) is 5.84. The third kappa shape index (κ3) is 3.82. The van der Waals surface area contributed by atoms with Crippen LogP contribution in [-0.4, -0.2) is 18.2 Å². The number of nitrogens with zero attached hydrogens (tertiary/aromatic N) is 2. The second-order valence-corrected chi connectivity index (χ2v) is 7.98. The first-order valence-electron chi connectivity index (χ1n) is 8.86. The molecule has 6 heteroatoms. The van der Waals surface area contributed by atoms with Crippen LogP contribution in [0.15, 0.2) is 102 Å². The minimum atomic E-state index is -3.77. The Labute approximate surface area is 164 Å². The lowest BCUT2D eigenvalue weighted by Gasteiger charge is -2.15. The largest absolute Gasteiger partial charge is 0.279 e. The summed E-state index contributed by atoms with van der Waals surface area (Å²) < 4.78 is 30.9. The average molecular weight is 389 g/mol. The number of sulfonamides is 1. The van der Waals surface area contributed by atoms with Crippen molar-refractivity contribution >= 4 is 15.7 Å². The highest BCUT2D eigenvalue weighted by Crippen LogP contribution is 2.29. The van der Waals surface area contributed by atoms with Crippen molar-refractivity contribution in [2.75, 3.05) is 4.72 Å². The van der Waals surface area contributed by atoms with Gasteiger partial charge in [-0.3, -0.25) is 9.40 Å². The van der Waals surface area contributed by atoms with Gasteiger partial charge in [0.1, 0.15) is 0 Å². The fourth-order valence-electron chi connectivity index (χ4n) is 3.08. The van der Waals surface area contributed by atoms with Crippen molar-refractivity contribution < 1.29 is 8.42 Å². The molecule has 0 amide bonds. The van der Waals surface area contributed by atoms with Crippen molar-refractivity contribution in [3.05, 3.63) is 103 Å². The Balaban J connectivity index is 1.70. The molecule has 0 saturated heterocycles. The number of para-hydroxylation sites is 1. The molecule has 0 aliphatic rings. The Morgan fingerprint density at radius 3 is 2.32 bits per heavy atom. The van der Waals surface area contributed by atoms with E-state index in [0.717, 1.165) is 11.1 Å². The molecular weight excluding hydrogens is 370 g/mol. The van der Waals surface area contributed by atoms with Crippen molar-refractivity contribution in [3.8, 4) is 11.1 Å². The lowest BCUT2D eigenvalue weighted by atomic mass is 10.1. The summed E-state index contributed by atoms with van der Waals surface area (Å²) in [7, 11) is -3.77. The van der Waals surface area contributed by atoms with Crippen molar-refractivity contribution in [1.29, 1.82) is 0 Å². The zero-order valence-electron chi connectivity index (χ0n) is 15.1. The molecule has 3 aromatic carbocycles. The molecule has 0 atom stereocenters. The summed E-state index contributed by atoms with van der Waals surface area (Å²) >= 11 is 0. The number of benzene rings is 3. The smallest absolute Gasteiger partial charge is 0.262 e. The topological polar surface area (TPSA) is 64.0 Å². The van der Waals surface area contributed by atoms with Crippen LogP contribution >= 0.6 is 0 Å². The number of hydrogen-bond acceptors (Lipinski definition) is 3. The number of hydrogen-bond donors (Lipinski definition) is 1. The van der Waals surface area contributed by atoms with Crippen LogP contribution < -0.4 is 4.72 Å². The van der Waals surface area contributed by atoms with E-state index in [1.807, 2.05) is 72.9 Å². The Bertz CT molecular complexity index is 1170. The van der Waals surface area contributed by atoms with Gasteiger partial charge in [0.2, 0.25) is 0 Å². The molecule has 5 nitrogen and oxygen atoms in total. The predicted molar refractivity (Wildman–Crippen MR) is 110 cm³/mol. The second kappa shape index (κ2) is 7.70. The van der Waals surface area contributed by atoms with Crippen molar-refractivity contribution in [2.45, 2.75) is 11.4 Å². The predicted octanol–water partition coefficient (Wildman–Crippen LogP) is 4.40. The molecule has 28 heavy (non-hydrogen) atoms. The van der Waals surface area contributed by atoms with E-state index in [-0.39, 0.29) is 4.90 Å². The molecule has 1 aromatic heterocycles. The quantitative estimate of drug-likeness (QED) is 0.532. The maximum absolute atomic E-state index is 13.2. The summed E-state index contributed by atoms with van der Waals surface area (Å²) in [5, 5.41) is 4.20. The van der Waals surface area contributed by atoms with E-state index in [4.69, 9.17) is 0 Å². The van der Waals surface area contributed by atoms with Gasteiger partial charge >= 0.3 is 0 Å². The van der Waals surface area contributed by atoms with Crippen LogP contribution in [0.25, 0.3) is 11.1 Å². The Morgan fingerprint density at radius 1 is 0.821 bits per heavy atom. The maximum atomic E-state index is 13.2. The highest BCUT2D eigenvalue weighted by atomic mass is 32.2. The first-order valence-corrected chi connectivity index (χ1v) is 10.3. The zero-order valence-corrected chi connectivity index (χ0v) is 15.9. The minimum Gasteiger partial charge on any atom is -0.279 e. The van der Waals surface area contributed by atoms with Gasteiger partial charge in [0, 0.05) is 18.0 Å². The SMILES string of the molecule is O=S(=O)(Nc1ccccc1Cn1cccn1)c1ccccc1-c1ccccc1. The number of aromatic nitrogens is 2. The lowest BCUT2D eigenvalue weighted by Crippen LogP contribution is -2.16. The Kier molecular flexibility index (Phi) is 4.95. The van der Waals surface area contributed by atoms with Crippen LogP contribution in [0.1, 0.15) is 5.56 Å². The molecule has 0 aliphatic heterocycles. The zero-order chi connectivity index (χ0) is 19.4. The van der Waals surface area contributed by atoms with Gasteiger partial charge in [0.25, 0.3) is 10.0 Å². The van der Waals surface area contributed by atoms with Crippen LogP contribution in [-0.2, 0) is 16.6 Å². The highest BCUT2D eigenvalue weighted by Gasteiger charge is 2.20. The number of anilines is 1. The molecule has 4 rings (SSSR count). The van der Waals surface area contributed by atoms with Crippen LogP contribution in [0.3, 0.4) is 0 Å². The number of rotatable bonds is 6. The molecular formula is C22H19N3O2S. The Hall–Kier alpha value is -3.38. The minimum absolute atomic E-state index is 0.245. The Morgan fingerprint density at radius 2 is 1.54 bits per heavy atom. The molecule has 0 fully saturated rings. The second-order valence-electron chi connectivity index (χ2n) is 6.33. The molecule has 4 aromatic rings. The molecule has 0 spiro atoms. The van der Waals surface area contributed by atoms with Gasteiger partial charge in [-0.15, -0.1) is 0 Å². The monoisotopic (exact) mass is 389 g/mol. The summed E-state index contributed by atoms with van der Waals surface area (Å²) in [6.45, 7) is 0.478. The van der Waals surface area contributed by atoms with E-state index in [2.05, 4.69) is 9.82 Å². The van der Waals surface area contributed by atoms with Crippen LogP contribution in [0.4, 0.5) is 5.69 Å². The van der Waals surface area contributed by atoms with Gasteiger partial charge in [-0.1, -0.05) is 66.7 Å². The molecule has 1 heterocycles. The first kappa shape index (κ1) is 18.0. The summed E-state index contributed by atoms with van der Waals surface area (Å²) in [4.78, 5) is 0.245. The molecule has 0 aliphatic carbocycles. The maximum Gasteiger partial charge on any atom is 0.262 e. The highest BCUT2D eigenvalue weighted by molar-refractivity contribution is 7.92. The summed E-state index contributed by atoms with van der Waals surface area (Å²) in [5.74, 6) is 0. The van der Waals surface area contributed by atoms with Gasteiger partial charge in [-0.2, -0.15) is 5.10 Å². The van der Waals surface area contributed by atoms with Gasteiger partial charge in [-0.25, -0.2) is 8.42 Å². The van der Waals surface area contributed by atoms with Gasteiger partial charge in [0.15, 0.2) is 0 Å². The van der Waals surface area contributed by atoms with Crippen LogP contribution in [0, 0.1) is 0 Å². The fraction of sp³-hybridized carbons (Fsp3) is 0.0455. The summed E-state index contributed by atoms with van der Waals surface area (Å²) in [6, 6.07) is 25.7. The van der Waals surface area contributed by atoms with E-state index in [1.165, 1.54) is 0 Å². The molecule has 0 unspecified atom stereocenters. The van der Waals surface area contributed by atoms with Gasteiger partial charge < -0.3 is 0 Å². The molecule has 0 radical (unpaired) electrons. The molecule has 0 saturated carbocycles. The normalized spacial score (nSPS) is 11.3. The molecule has 0 bridgehead atoms. The van der Waals surface area contributed by atoms with Crippen molar-refractivity contribution in [1.82, 2.24) is 9.78 Å². The van der Waals surface area contributed by atoms with Crippen LogP contribution in [0.2, 0.25) is 0 Å². The van der Waals surface area contributed by atoms with Crippen LogP contribution in [0.5, 0.6) is 0 Å². The van der Waals surface area contributed by atoms with Crippen molar-refractivity contribution in [2.24, 2.45) is 0 Å². The number of nitrogens with one attached hydrogen (secondary N) is 1. The first-order chi connectivity index (χ1) is 13.6. The van der Waals surface area contributed by atoms with E-state index < -0.39 is 10.0 Å². The third-order valence-electron chi connectivity index (χ3n) is 4.41. The standard InChI is InChI=1S/C22H19N3O2S/c26-28(27,22-14-7-5-12-20(22)18-9-2-1-3-10-18)24-21-13-6-4-11-19(21)17-25-16-8-15-23-25/h1-16,24H,17H2. The molecule has 140 valence electrons. The van der Waals surface area contributed by atoms with E-state index >= 15 is 0 Å². The van der Waals surface area contributed by atoms with Gasteiger partial charge in [-0.05, 0) is 29.3 Å². The lowest BCUT2D eigenvalue weighted by molar-refractivity contribution is 0.601. The van der Waals surface area contributed by atoms with Gasteiger partial charge in [0.05, 0.1) is 17.1 Å². The van der Waals surface area contributed by atoms with E-state index in [0.29, 0.717) is 17.8 Å². The molecule has 1 N–H and O–H groups in total.